The van der Waals surface area contributed by atoms with Gasteiger partial charge in [0, 0.05) is 13.0 Å². The molecule has 0 fully saturated rings. The number of para-hydroxylation sites is 1. The summed E-state index contributed by atoms with van der Waals surface area (Å²) in [5.74, 6) is 0.706. The van der Waals surface area contributed by atoms with Crippen molar-refractivity contribution < 1.29 is 14.9 Å². The molecule has 1 unspecified atom stereocenters. The molecule has 0 saturated heterocycles. The lowest BCUT2D eigenvalue weighted by Gasteiger charge is -2.34. The Labute approximate surface area is 137 Å². The number of benzene rings is 2. The van der Waals surface area contributed by atoms with E-state index in [1.165, 1.54) is 0 Å². The van der Waals surface area contributed by atoms with Gasteiger partial charge in [-0.3, -0.25) is 0 Å². The molecule has 3 N–H and O–H groups in total. The zero-order valence-corrected chi connectivity index (χ0v) is 13.7. The fourth-order valence-corrected chi connectivity index (χ4v) is 2.73. The topological polar surface area (TPSA) is 61.7 Å². The summed E-state index contributed by atoms with van der Waals surface area (Å²) in [5, 5.41) is 25.0. The fraction of sp³-hybridized carbons (Fsp3) is 0.368. The van der Waals surface area contributed by atoms with E-state index >= 15 is 0 Å². The molecule has 2 rings (SSSR count). The van der Waals surface area contributed by atoms with Gasteiger partial charge in [0.1, 0.15) is 11.4 Å². The predicted molar refractivity (Wildman–Crippen MR) is 91.6 cm³/mol. The molecule has 124 valence electrons. The van der Waals surface area contributed by atoms with Crippen LogP contribution in [0.2, 0.25) is 0 Å². The van der Waals surface area contributed by atoms with E-state index in [0.29, 0.717) is 17.9 Å². The fourth-order valence-electron chi connectivity index (χ4n) is 2.73. The van der Waals surface area contributed by atoms with Crippen molar-refractivity contribution in [1.82, 2.24) is 5.32 Å². The van der Waals surface area contributed by atoms with Crippen LogP contribution in [0.25, 0.3) is 0 Å². The number of hydrogen-bond donors (Lipinski definition) is 3. The zero-order chi connectivity index (χ0) is 16.7. The molecule has 0 amide bonds. The second-order valence-electron chi connectivity index (χ2n) is 5.60. The van der Waals surface area contributed by atoms with Gasteiger partial charge in [0.05, 0.1) is 13.2 Å². The number of nitrogens with one attached hydrogen (secondary N) is 1. The van der Waals surface area contributed by atoms with Crippen molar-refractivity contribution in [3.63, 3.8) is 0 Å². The molecule has 2 aromatic rings. The summed E-state index contributed by atoms with van der Waals surface area (Å²) in [7, 11) is 1.61. The minimum Gasteiger partial charge on any atom is -0.496 e. The minimum atomic E-state index is -1.39. The third-order valence-electron chi connectivity index (χ3n) is 4.07. The first-order valence-electron chi connectivity index (χ1n) is 7.90. The van der Waals surface area contributed by atoms with Crippen LogP contribution in [0.5, 0.6) is 5.75 Å². The van der Waals surface area contributed by atoms with Gasteiger partial charge in [0.2, 0.25) is 0 Å². The number of aliphatic hydroxyl groups is 2. The average Bonchev–Trinajstić information content (AvgIpc) is 2.60. The Kier molecular flexibility index (Phi) is 6.16. The molecule has 0 saturated carbocycles. The number of hydrogen-bond acceptors (Lipinski definition) is 4. The third-order valence-corrected chi connectivity index (χ3v) is 4.07. The predicted octanol–water partition coefficient (Wildman–Crippen LogP) is 2.10. The first kappa shape index (κ1) is 17.5. The van der Waals surface area contributed by atoms with Crippen molar-refractivity contribution in [2.45, 2.75) is 25.0 Å². The minimum absolute atomic E-state index is 0.271. The van der Waals surface area contributed by atoms with Gasteiger partial charge < -0.3 is 20.3 Å². The monoisotopic (exact) mass is 315 g/mol. The number of likely N-dealkylation sites (N-methyl/N-ethyl adjacent to an activating group) is 1. The summed E-state index contributed by atoms with van der Waals surface area (Å²) >= 11 is 0. The van der Waals surface area contributed by atoms with Gasteiger partial charge in [0.15, 0.2) is 0 Å². The summed E-state index contributed by atoms with van der Waals surface area (Å²) in [6.07, 6.45) is -0.664. The summed E-state index contributed by atoms with van der Waals surface area (Å²) in [6, 6.07) is 16.9. The van der Waals surface area contributed by atoms with E-state index in [4.69, 9.17) is 4.74 Å². The molecule has 0 bridgehead atoms. The van der Waals surface area contributed by atoms with Gasteiger partial charge in [-0.15, -0.1) is 0 Å². The molecule has 0 heterocycles. The van der Waals surface area contributed by atoms with Crippen molar-refractivity contribution in [3.05, 3.63) is 65.7 Å². The maximum absolute atomic E-state index is 11.3. The lowest BCUT2D eigenvalue weighted by molar-refractivity contribution is -0.0789. The van der Waals surface area contributed by atoms with Gasteiger partial charge >= 0.3 is 0 Å². The summed E-state index contributed by atoms with van der Waals surface area (Å²) < 4.78 is 5.38. The van der Waals surface area contributed by atoms with Gasteiger partial charge in [-0.05, 0) is 23.7 Å². The molecular weight excluding hydrogens is 290 g/mol. The number of rotatable bonds is 8. The van der Waals surface area contributed by atoms with Gasteiger partial charge in [-0.25, -0.2) is 0 Å². The number of methoxy groups -OCH3 is 1. The van der Waals surface area contributed by atoms with Crippen molar-refractivity contribution in [2.75, 3.05) is 20.2 Å². The van der Waals surface area contributed by atoms with Crippen molar-refractivity contribution in [1.29, 1.82) is 0 Å². The summed E-state index contributed by atoms with van der Waals surface area (Å²) in [5.41, 5.74) is 0.158. The lowest BCUT2D eigenvalue weighted by atomic mass is 9.82. The Morgan fingerprint density at radius 2 is 1.74 bits per heavy atom. The van der Waals surface area contributed by atoms with Crippen molar-refractivity contribution in [2.24, 2.45) is 0 Å². The van der Waals surface area contributed by atoms with E-state index in [0.717, 1.165) is 12.1 Å². The molecule has 2 atom stereocenters. The van der Waals surface area contributed by atoms with Crippen molar-refractivity contribution >= 4 is 0 Å². The molecule has 0 spiro atoms. The van der Waals surface area contributed by atoms with E-state index in [-0.39, 0.29) is 6.42 Å². The zero-order valence-electron chi connectivity index (χ0n) is 13.7. The second-order valence-corrected chi connectivity index (χ2v) is 5.60. The summed E-state index contributed by atoms with van der Waals surface area (Å²) in [6.45, 7) is 3.02. The smallest absolute Gasteiger partial charge is 0.122 e. The van der Waals surface area contributed by atoms with Crippen LogP contribution < -0.4 is 10.1 Å². The Balaban J connectivity index is 2.37. The molecule has 0 aliphatic rings. The third kappa shape index (κ3) is 4.10. The van der Waals surface area contributed by atoms with E-state index in [1.54, 1.807) is 7.11 Å². The van der Waals surface area contributed by atoms with Crippen LogP contribution in [0.3, 0.4) is 0 Å². The molecule has 4 nitrogen and oxygen atoms in total. The molecule has 0 aliphatic carbocycles. The quantitative estimate of drug-likeness (QED) is 0.698. The first-order chi connectivity index (χ1) is 11.1. The van der Waals surface area contributed by atoms with Crippen LogP contribution >= 0.6 is 0 Å². The van der Waals surface area contributed by atoms with Crippen molar-refractivity contribution in [3.8, 4) is 5.75 Å². The highest BCUT2D eigenvalue weighted by atomic mass is 16.5. The van der Waals surface area contributed by atoms with Crippen LogP contribution in [0.1, 0.15) is 18.1 Å². The molecular formula is C19H25NO3. The highest BCUT2D eigenvalue weighted by Crippen LogP contribution is 2.32. The SMILES string of the molecule is CCNCC(O)[C@@](O)(Cc1ccccc1OC)c1ccccc1. The van der Waals surface area contributed by atoms with Gasteiger partial charge in [-0.1, -0.05) is 55.5 Å². The normalized spacial score (nSPS) is 15.0. The van der Waals surface area contributed by atoms with Gasteiger partial charge in [0.25, 0.3) is 0 Å². The van der Waals surface area contributed by atoms with Crippen LogP contribution in [0.15, 0.2) is 54.6 Å². The lowest BCUT2D eigenvalue weighted by Crippen LogP contribution is -2.47. The van der Waals surface area contributed by atoms with E-state index < -0.39 is 11.7 Å². The molecule has 0 aromatic heterocycles. The highest BCUT2D eigenvalue weighted by Gasteiger charge is 2.38. The Bertz CT molecular complexity index is 603. The van der Waals surface area contributed by atoms with E-state index in [9.17, 15) is 10.2 Å². The van der Waals surface area contributed by atoms with Gasteiger partial charge in [-0.2, -0.15) is 0 Å². The van der Waals surface area contributed by atoms with Crippen LogP contribution in [0, 0.1) is 0 Å². The maximum atomic E-state index is 11.3. The molecule has 2 aromatic carbocycles. The summed E-state index contributed by atoms with van der Waals surface area (Å²) in [4.78, 5) is 0. The molecule has 0 aliphatic heterocycles. The van der Waals surface area contributed by atoms with Crippen LogP contribution in [-0.4, -0.2) is 36.5 Å². The Morgan fingerprint density at radius 3 is 2.39 bits per heavy atom. The first-order valence-corrected chi connectivity index (χ1v) is 7.90. The second kappa shape index (κ2) is 8.11. The van der Waals surface area contributed by atoms with E-state index in [2.05, 4.69) is 5.32 Å². The Morgan fingerprint density at radius 1 is 1.09 bits per heavy atom. The average molecular weight is 315 g/mol. The largest absolute Gasteiger partial charge is 0.496 e. The molecule has 23 heavy (non-hydrogen) atoms. The molecule has 0 radical (unpaired) electrons. The standard InChI is InChI=1S/C19H25NO3/c1-3-20-14-18(21)19(22,16-10-5-4-6-11-16)13-15-9-7-8-12-17(15)23-2/h4-12,18,20-22H,3,13-14H2,1-2H3/t18?,19-/m1/s1. The highest BCUT2D eigenvalue weighted by molar-refractivity contribution is 5.37. The van der Waals surface area contributed by atoms with E-state index in [1.807, 2.05) is 61.5 Å². The number of ether oxygens (including phenoxy) is 1. The maximum Gasteiger partial charge on any atom is 0.122 e. The van der Waals surface area contributed by atoms with Crippen LogP contribution in [-0.2, 0) is 12.0 Å². The Hall–Kier alpha value is -1.88. The number of aliphatic hydroxyl groups excluding tert-OH is 1. The van der Waals surface area contributed by atoms with Crippen LogP contribution in [0.4, 0.5) is 0 Å². The molecule has 4 heteroatoms.